The summed E-state index contributed by atoms with van der Waals surface area (Å²) in [6, 6.07) is 21.6. The SMILES string of the molecule is Cc1ccc(N=C2NC(=O)/C(=C/c3ccc(OCc4ccccc4F)cc3)S2)cc1. The van der Waals surface area contributed by atoms with Crippen LogP contribution >= 0.6 is 11.8 Å². The lowest BCUT2D eigenvalue weighted by Gasteiger charge is -2.07. The van der Waals surface area contributed by atoms with E-state index >= 15 is 0 Å². The van der Waals surface area contributed by atoms with Crippen LogP contribution < -0.4 is 10.1 Å². The van der Waals surface area contributed by atoms with Crippen molar-refractivity contribution in [2.75, 3.05) is 0 Å². The van der Waals surface area contributed by atoms with Crippen LogP contribution in [0.25, 0.3) is 6.08 Å². The van der Waals surface area contributed by atoms with Crippen LogP contribution in [0.2, 0.25) is 0 Å². The summed E-state index contributed by atoms with van der Waals surface area (Å²) in [4.78, 5) is 17.3. The van der Waals surface area contributed by atoms with Crippen LogP contribution in [0.1, 0.15) is 16.7 Å². The summed E-state index contributed by atoms with van der Waals surface area (Å²) in [5, 5.41) is 3.34. The van der Waals surface area contributed by atoms with Crippen molar-refractivity contribution < 1.29 is 13.9 Å². The van der Waals surface area contributed by atoms with E-state index in [2.05, 4.69) is 10.3 Å². The third-order valence-corrected chi connectivity index (χ3v) is 5.36. The van der Waals surface area contributed by atoms with Gasteiger partial charge in [0.1, 0.15) is 18.2 Å². The van der Waals surface area contributed by atoms with Gasteiger partial charge >= 0.3 is 0 Å². The summed E-state index contributed by atoms with van der Waals surface area (Å²) in [6.45, 7) is 2.17. The maximum atomic E-state index is 13.7. The second-order valence-electron chi connectivity index (χ2n) is 6.77. The molecule has 1 heterocycles. The van der Waals surface area contributed by atoms with Crippen molar-refractivity contribution in [2.24, 2.45) is 4.99 Å². The highest BCUT2D eigenvalue weighted by Crippen LogP contribution is 2.28. The van der Waals surface area contributed by atoms with Gasteiger partial charge in [0.15, 0.2) is 5.17 Å². The molecule has 3 aromatic carbocycles. The standard InChI is InChI=1S/C24H19FN2O2S/c1-16-6-10-19(11-7-16)26-24-27-23(28)22(30-24)14-17-8-12-20(13-9-17)29-15-18-4-2-3-5-21(18)25/h2-14H,15H2,1H3,(H,26,27,28)/b22-14-. The maximum absolute atomic E-state index is 13.7. The Labute approximate surface area is 178 Å². The van der Waals surface area contributed by atoms with Crippen LogP contribution in [-0.4, -0.2) is 11.1 Å². The zero-order valence-corrected chi connectivity index (χ0v) is 17.1. The molecule has 6 heteroatoms. The first-order valence-corrected chi connectivity index (χ1v) is 10.2. The molecule has 1 aliphatic heterocycles. The molecule has 0 aromatic heterocycles. The first-order valence-electron chi connectivity index (χ1n) is 9.39. The number of hydrogen-bond acceptors (Lipinski definition) is 4. The molecule has 4 rings (SSSR count). The Balaban J connectivity index is 1.41. The van der Waals surface area contributed by atoms with Crippen molar-refractivity contribution >= 4 is 34.6 Å². The molecule has 0 atom stereocenters. The normalized spacial score (nSPS) is 16.1. The van der Waals surface area contributed by atoms with Gasteiger partial charge in [0.05, 0.1) is 10.6 Å². The number of ether oxygens (including phenoxy) is 1. The number of hydrogen-bond donors (Lipinski definition) is 1. The molecule has 0 radical (unpaired) electrons. The Kier molecular flexibility index (Phi) is 5.95. The van der Waals surface area contributed by atoms with E-state index in [0.717, 1.165) is 16.8 Å². The van der Waals surface area contributed by atoms with Gasteiger partial charge in [-0.2, -0.15) is 0 Å². The van der Waals surface area contributed by atoms with Gasteiger partial charge in [0, 0.05) is 5.56 Å². The molecule has 1 fully saturated rings. The van der Waals surface area contributed by atoms with E-state index in [1.807, 2.05) is 43.3 Å². The quantitative estimate of drug-likeness (QED) is 0.549. The highest BCUT2D eigenvalue weighted by Gasteiger charge is 2.23. The molecule has 1 aliphatic rings. The van der Waals surface area contributed by atoms with Crippen LogP contribution in [0.5, 0.6) is 5.75 Å². The lowest BCUT2D eigenvalue weighted by atomic mass is 10.2. The van der Waals surface area contributed by atoms with Gasteiger partial charge in [0.25, 0.3) is 5.91 Å². The van der Waals surface area contributed by atoms with E-state index in [1.165, 1.54) is 17.8 Å². The largest absolute Gasteiger partial charge is 0.489 e. The van der Waals surface area contributed by atoms with E-state index in [0.29, 0.717) is 21.4 Å². The number of halogens is 1. The summed E-state index contributed by atoms with van der Waals surface area (Å²) in [7, 11) is 0. The molecule has 3 aromatic rings. The smallest absolute Gasteiger partial charge is 0.264 e. The molecule has 1 amide bonds. The fourth-order valence-corrected chi connectivity index (χ4v) is 3.65. The number of aliphatic imine (C=N–C) groups is 1. The summed E-state index contributed by atoms with van der Waals surface area (Å²) in [5.74, 6) is 0.169. The molecule has 0 aliphatic carbocycles. The Morgan fingerprint density at radius 1 is 1.03 bits per heavy atom. The van der Waals surface area contributed by atoms with Gasteiger partial charge in [-0.3, -0.25) is 4.79 Å². The average Bonchev–Trinajstić information content (AvgIpc) is 3.09. The first-order chi connectivity index (χ1) is 14.6. The van der Waals surface area contributed by atoms with Crippen molar-refractivity contribution in [3.63, 3.8) is 0 Å². The predicted octanol–water partition coefficient (Wildman–Crippen LogP) is 5.60. The molecular weight excluding hydrogens is 399 g/mol. The number of aryl methyl sites for hydroxylation is 1. The molecular formula is C24H19FN2O2S. The van der Waals surface area contributed by atoms with Crippen LogP contribution in [0, 0.1) is 12.7 Å². The zero-order valence-electron chi connectivity index (χ0n) is 16.3. The van der Waals surface area contributed by atoms with Crippen molar-refractivity contribution in [3.05, 3.63) is 100 Å². The van der Waals surface area contributed by atoms with Crippen molar-refractivity contribution in [1.29, 1.82) is 0 Å². The number of carbonyl (C=O) groups excluding carboxylic acids is 1. The van der Waals surface area contributed by atoms with E-state index in [4.69, 9.17) is 4.74 Å². The molecule has 0 saturated carbocycles. The molecule has 30 heavy (non-hydrogen) atoms. The number of amidine groups is 1. The Morgan fingerprint density at radius 3 is 2.50 bits per heavy atom. The summed E-state index contributed by atoms with van der Waals surface area (Å²) >= 11 is 1.30. The van der Waals surface area contributed by atoms with E-state index < -0.39 is 0 Å². The van der Waals surface area contributed by atoms with Crippen LogP contribution in [0.15, 0.2) is 82.7 Å². The summed E-state index contributed by atoms with van der Waals surface area (Å²) < 4.78 is 19.3. The lowest BCUT2D eigenvalue weighted by Crippen LogP contribution is -2.19. The van der Waals surface area contributed by atoms with E-state index in [-0.39, 0.29) is 18.3 Å². The summed E-state index contributed by atoms with van der Waals surface area (Å²) in [5.41, 5.74) is 3.32. The second kappa shape index (κ2) is 8.97. The third kappa shape index (κ3) is 4.96. The molecule has 1 N–H and O–H groups in total. The molecule has 0 unspecified atom stereocenters. The minimum atomic E-state index is -0.286. The van der Waals surface area contributed by atoms with Crippen molar-refractivity contribution in [2.45, 2.75) is 13.5 Å². The number of amides is 1. The Morgan fingerprint density at radius 2 is 1.77 bits per heavy atom. The third-order valence-electron chi connectivity index (χ3n) is 4.45. The lowest BCUT2D eigenvalue weighted by molar-refractivity contribution is -0.115. The van der Waals surface area contributed by atoms with Crippen LogP contribution in [0.4, 0.5) is 10.1 Å². The zero-order chi connectivity index (χ0) is 20.9. The second-order valence-corrected chi connectivity index (χ2v) is 7.80. The average molecular weight is 418 g/mol. The predicted molar refractivity (Wildman–Crippen MR) is 119 cm³/mol. The van der Waals surface area contributed by atoms with Gasteiger partial charge < -0.3 is 10.1 Å². The Hall–Kier alpha value is -3.38. The maximum Gasteiger partial charge on any atom is 0.264 e. The number of nitrogens with zero attached hydrogens (tertiary/aromatic N) is 1. The number of carbonyl (C=O) groups is 1. The van der Waals surface area contributed by atoms with Crippen molar-refractivity contribution in [3.8, 4) is 5.75 Å². The van der Waals surface area contributed by atoms with E-state index in [9.17, 15) is 9.18 Å². The van der Waals surface area contributed by atoms with Gasteiger partial charge in [0.2, 0.25) is 0 Å². The number of thioether (sulfide) groups is 1. The molecule has 150 valence electrons. The van der Waals surface area contributed by atoms with Gasteiger partial charge in [-0.15, -0.1) is 0 Å². The van der Waals surface area contributed by atoms with Crippen LogP contribution in [0.3, 0.4) is 0 Å². The molecule has 0 bridgehead atoms. The highest BCUT2D eigenvalue weighted by molar-refractivity contribution is 8.18. The number of nitrogens with one attached hydrogen (secondary N) is 1. The van der Waals surface area contributed by atoms with Gasteiger partial charge in [-0.25, -0.2) is 9.38 Å². The highest BCUT2D eigenvalue weighted by atomic mass is 32.2. The summed E-state index contributed by atoms with van der Waals surface area (Å²) in [6.07, 6.45) is 1.80. The first kappa shape index (κ1) is 19.9. The minimum absolute atomic E-state index is 0.157. The van der Waals surface area contributed by atoms with Crippen LogP contribution in [-0.2, 0) is 11.4 Å². The number of benzene rings is 3. The van der Waals surface area contributed by atoms with Crippen molar-refractivity contribution in [1.82, 2.24) is 5.32 Å². The fraction of sp³-hybridized carbons (Fsp3) is 0.0833. The minimum Gasteiger partial charge on any atom is -0.489 e. The molecule has 1 saturated heterocycles. The Bertz CT molecular complexity index is 1120. The number of rotatable bonds is 5. The van der Waals surface area contributed by atoms with Gasteiger partial charge in [-0.1, -0.05) is 48.0 Å². The monoisotopic (exact) mass is 418 g/mol. The topological polar surface area (TPSA) is 50.7 Å². The molecule has 4 nitrogen and oxygen atoms in total. The van der Waals surface area contributed by atoms with E-state index in [1.54, 1.807) is 36.4 Å². The fourth-order valence-electron chi connectivity index (χ4n) is 2.81. The molecule has 0 spiro atoms. The van der Waals surface area contributed by atoms with Gasteiger partial charge in [-0.05, 0) is 60.7 Å².